The number of rotatable bonds is 3. The van der Waals surface area contributed by atoms with Crippen molar-refractivity contribution in [2.75, 3.05) is 18.6 Å². The lowest BCUT2D eigenvalue weighted by Gasteiger charge is -2.07. The van der Waals surface area contributed by atoms with Gasteiger partial charge in [-0.2, -0.15) is 0 Å². The zero-order valence-electron chi connectivity index (χ0n) is 9.51. The van der Waals surface area contributed by atoms with E-state index in [9.17, 15) is 0 Å². The fourth-order valence-electron chi connectivity index (χ4n) is 1.45. The van der Waals surface area contributed by atoms with E-state index < -0.39 is 0 Å². The Labute approximate surface area is 105 Å². The maximum absolute atomic E-state index is 5.85. The number of nitrogens with two attached hydrogens (primary N) is 2. The van der Waals surface area contributed by atoms with Crippen LogP contribution < -0.4 is 16.2 Å². The Balaban J connectivity index is 2.19. The van der Waals surface area contributed by atoms with Crippen LogP contribution in [0.1, 0.15) is 0 Å². The molecule has 0 atom stereocenters. The van der Waals surface area contributed by atoms with E-state index >= 15 is 0 Å². The Kier molecular flexibility index (Phi) is 3.44. The van der Waals surface area contributed by atoms with Crippen molar-refractivity contribution in [1.29, 1.82) is 0 Å². The van der Waals surface area contributed by atoms with Gasteiger partial charge in [0.2, 0.25) is 0 Å². The van der Waals surface area contributed by atoms with Crippen LogP contribution in [-0.2, 0) is 0 Å². The van der Waals surface area contributed by atoms with Gasteiger partial charge in [-0.3, -0.25) is 0 Å². The molecule has 2 aromatic rings. The van der Waals surface area contributed by atoms with Crippen LogP contribution in [0, 0.1) is 0 Å². The first-order valence-electron chi connectivity index (χ1n) is 5.16. The summed E-state index contributed by atoms with van der Waals surface area (Å²) in [6, 6.07) is 13.5. The SMILES string of the molecule is COc1ccc(Sc2ccc(N)cc2)cc1N. The second-order valence-corrected chi connectivity index (χ2v) is 4.72. The van der Waals surface area contributed by atoms with Gasteiger partial charge in [0.05, 0.1) is 12.8 Å². The molecule has 0 amide bonds. The minimum Gasteiger partial charge on any atom is -0.495 e. The molecule has 0 saturated carbocycles. The molecule has 0 fully saturated rings. The number of hydrogen-bond donors (Lipinski definition) is 2. The Bertz CT molecular complexity index is 511. The average Bonchev–Trinajstić information content (AvgIpc) is 2.32. The van der Waals surface area contributed by atoms with Gasteiger partial charge in [0.15, 0.2) is 0 Å². The average molecular weight is 246 g/mol. The topological polar surface area (TPSA) is 61.3 Å². The number of methoxy groups -OCH3 is 1. The molecule has 17 heavy (non-hydrogen) atoms. The third-order valence-corrected chi connectivity index (χ3v) is 3.31. The Morgan fingerprint density at radius 3 is 2.18 bits per heavy atom. The molecule has 3 nitrogen and oxygen atoms in total. The minimum atomic E-state index is 0.646. The van der Waals surface area contributed by atoms with Crippen molar-refractivity contribution in [2.24, 2.45) is 0 Å². The van der Waals surface area contributed by atoms with Crippen molar-refractivity contribution in [3.63, 3.8) is 0 Å². The van der Waals surface area contributed by atoms with Gasteiger partial charge >= 0.3 is 0 Å². The van der Waals surface area contributed by atoms with E-state index in [0.717, 1.165) is 15.5 Å². The fraction of sp³-hybridized carbons (Fsp3) is 0.0769. The molecule has 0 saturated heterocycles. The van der Waals surface area contributed by atoms with Crippen LogP contribution in [-0.4, -0.2) is 7.11 Å². The molecule has 0 bridgehead atoms. The summed E-state index contributed by atoms with van der Waals surface area (Å²) in [5.74, 6) is 0.701. The number of hydrogen-bond acceptors (Lipinski definition) is 4. The summed E-state index contributed by atoms with van der Waals surface area (Å²) in [5, 5.41) is 0. The van der Waals surface area contributed by atoms with Gasteiger partial charge in [0.25, 0.3) is 0 Å². The largest absolute Gasteiger partial charge is 0.495 e. The third-order valence-electron chi connectivity index (χ3n) is 2.32. The molecule has 0 radical (unpaired) electrons. The lowest BCUT2D eigenvalue weighted by Crippen LogP contribution is -1.91. The van der Waals surface area contributed by atoms with Gasteiger partial charge in [0.1, 0.15) is 5.75 Å². The zero-order chi connectivity index (χ0) is 12.3. The molecular weight excluding hydrogens is 232 g/mol. The summed E-state index contributed by atoms with van der Waals surface area (Å²) in [4.78, 5) is 2.21. The summed E-state index contributed by atoms with van der Waals surface area (Å²) in [6.45, 7) is 0. The van der Waals surface area contributed by atoms with Gasteiger partial charge in [0, 0.05) is 15.5 Å². The van der Waals surface area contributed by atoms with Crippen LogP contribution in [0.25, 0.3) is 0 Å². The number of ether oxygens (including phenoxy) is 1. The second kappa shape index (κ2) is 5.01. The molecule has 2 rings (SSSR count). The first-order valence-corrected chi connectivity index (χ1v) is 5.97. The van der Waals surface area contributed by atoms with Gasteiger partial charge in [-0.05, 0) is 42.5 Å². The maximum Gasteiger partial charge on any atom is 0.141 e. The predicted molar refractivity (Wildman–Crippen MR) is 72.4 cm³/mol. The summed E-state index contributed by atoms with van der Waals surface area (Å²) >= 11 is 1.64. The molecule has 0 aromatic heterocycles. The third kappa shape index (κ3) is 2.85. The molecule has 2 aromatic carbocycles. The molecule has 0 aliphatic carbocycles. The van der Waals surface area contributed by atoms with Gasteiger partial charge < -0.3 is 16.2 Å². The van der Waals surface area contributed by atoms with Crippen LogP contribution in [0.15, 0.2) is 52.3 Å². The maximum atomic E-state index is 5.85. The van der Waals surface area contributed by atoms with Crippen LogP contribution in [0.4, 0.5) is 11.4 Å². The van der Waals surface area contributed by atoms with Crippen LogP contribution in [0.2, 0.25) is 0 Å². The van der Waals surface area contributed by atoms with E-state index in [1.807, 2.05) is 42.5 Å². The standard InChI is InChI=1S/C13H14N2OS/c1-16-13-7-6-11(8-12(13)15)17-10-4-2-9(14)3-5-10/h2-8H,14-15H2,1H3. The molecule has 0 aliphatic heterocycles. The summed E-state index contributed by atoms with van der Waals surface area (Å²) in [7, 11) is 1.61. The van der Waals surface area contributed by atoms with Crippen LogP contribution in [0.5, 0.6) is 5.75 Å². The highest BCUT2D eigenvalue weighted by atomic mass is 32.2. The number of nitrogen functional groups attached to an aromatic ring is 2. The van der Waals surface area contributed by atoms with Crippen molar-refractivity contribution in [3.8, 4) is 5.75 Å². The molecule has 0 aliphatic rings. The molecule has 0 spiro atoms. The van der Waals surface area contributed by atoms with Crippen LogP contribution >= 0.6 is 11.8 Å². The molecule has 0 unspecified atom stereocenters. The highest BCUT2D eigenvalue weighted by Gasteiger charge is 2.02. The quantitative estimate of drug-likeness (QED) is 0.817. The summed E-state index contributed by atoms with van der Waals surface area (Å²) < 4.78 is 5.12. The smallest absolute Gasteiger partial charge is 0.141 e. The summed E-state index contributed by atoms with van der Waals surface area (Å²) in [5.41, 5.74) is 12.9. The van der Waals surface area contributed by atoms with Crippen molar-refractivity contribution in [1.82, 2.24) is 0 Å². The summed E-state index contributed by atoms with van der Waals surface area (Å²) in [6.07, 6.45) is 0. The monoisotopic (exact) mass is 246 g/mol. The minimum absolute atomic E-state index is 0.646. The number of benzene rings is 2. The van der Waals surface area contributed by atoms with Crippen molar-refractivity contribution >= 4 is 23.1 Å². The van der Waals surface area contributed by atoms with Crippen molar-refractivity contribution in [2.45, 2.75) is 9.79 Å². The first-order chi connectivity index (χ1) is 8.19. The molecule has 4 heteroatoms. The van der Waals surface area contributed by atoms with E-state index in [1.54, 1.807) is 18.9 Å². The van der Waals surface area contributed by atoms with Gasteiger partial charge in [-0.25, -0.2) is 0 Å². The lowest BCUT2D eigenvalue weighted by atomic mass is 10.3. The van der Waals surface area contributed by atoms with E-state index in [-0.39, 0.29) is 0 Å². The molecular formula is C13H14N2OS. The first kappa shape index (κ1) is 11.7. The Hall–Kier alpha value is -1.81. The predicted octanol–water partition coefficient (Wildman–Crippen LogP) is 3.01. The second-order valence-electron chi connectivity index (χ2n) is 3.57. The number of anilines is 2. The van der Waals surface area contributed by atoms with E-state index in [4.69, 9.17) is 16.2 Å². The van der Waals surface area contributed by atoms with Crippen molar-refractivity contribution < 1.29 is 4.74 Å². The molecule has 0 heterocycles. The Morgan fingerprint density at radius 2 is 1.59 bits per heavy atom. The van der Waals surface area contributed by atoms with Crippen LogP contribution in [0.3, 0.4) is 0 Å². The van der Waals surface area contributed by atoms with E-state index in [0.29, 0.717) is 11.4 Å². The van der Waals surface area contributed by atoms with Gasteiger partial charge in [-0.15, -0.1) is 0 Å². The highest BCUT2D eigenvalue weighted by Crippen LogP contribution is 2.32. The van der Waals surface area contributed by atoms with E-state index in [2.05, 4.69) is 0 Å². The molecule has 88 valence electrons. The normalized spacial score (nSPS) is 10.2. The van der Waals surface area contributed by atoms with Gasteiger partial charge in [-0.1, -0.05) is 11.8 Å². The fourth-order valence-corrected chi connectivity index (χ4v) is 2.31. The zero-order valence-corrected chi connectivity index (χ0v) is 10.3. The van der Waals surface area contributed by atoms with Crippen molar-refractivity contribution in [3.05, 3.63) is 42.5 Å². The highest BCUT2D eigenvalue weighted by molar-refractivity contribution is 7.99. The Morgan fingerprint density at radius 1 is 0.941 bits per heavy atom. The lowest BCUT2D eigenvalue weighted by molar-refractivity contribution is 0.416. The van der Waals surface area contributed by atoms with E-state index in [1.165, 1.54) is 0 Å². The molecule has 4 N–H and O–H groups in total.